The molecule has 5 aromatic carbocycles. The Labute approximate surface area is 313 Å². The number of aromatic carboxylic acids is 2. The van der Waals surface area contributed by atoms with Crippen LogP contribution in [0.3, 0.4) is 0 Å². The van der Waals surface area contributed by atoms with Gasteiger partial charge in [0.05, 0.1) is 64.7 Å². The van der Waals surface area contributed by atoms with Gasteiger partial charge in [0.15, 0.2) is 5.75 Å². The second kappa shape index (κ2) is 16.5. The minimum Gasteiger partial charge on any atom is -0.505 e. The molecular weight excluding hydrogens is 769 g/mol. The molecule has 0 spiro atoms. The van der Waals surface area contributed by atoms with Crippen molar-refractivity contribution >= 4 is 90.4 Å². The molecule has 9 N–H and O–H groups in total. The van der Waals surface area contributed by atoms with Crippen molar-refractivity contribution in [2.45, 2.75) is 9.79 Å². The first-order chi connectivity index (χ1) is 26.2. The molecule has 5 aromatic rings. The molecule has 0 aliphatic rings. The lowest BCUT2D eigenvalue weighted by molar-refractivity contribution is -0.432. The lowest BCUT2D eigenvalue weighted by Gasteiger charge is -2.14. The Balaban J connectivity index is 1.63. The molecule has 5 rings (SSSR count). The molecule has 0 bridgehead atoms. The lowest BCUT2D eigenvalue weighted by Crippen LogP contribution is -2.02. The van der Waals surface area contributed by atoms with E-state index in [9.17, 15) is 37.9 Å². The number of carboxylic acid groups (broad SMARTS) is 2. The minimum atomic E-state index is -5.04. The number of nitrogens with two attached hydrogens (primary N) is 2. The average Bonchev–Trinajstić information content (AvgIpc) is 3.15. The number of anilines is 2. The number of carbonyl (C=O) groups is 2. The summed E-state index contributed by atoms with van der Waals surface area (Å²) in [6, 6.07) is 14.1. The summed E-state index contributed by atoms with van der Waals surface area (Å²) in [5.74, 6) is -3.06. The fourth-order valence-electron chi connectivity index (χ4n) is 4.86. The number of methoxy groups -OCH3 is 2. The van der Waals surface area contributed by atoms with Gasteiger partial charge >= 0.3 is 11.9 Å². The first-order valence-electron chi connectivity index (χ1n) is 14.9. The van der Waals surface area contributed by atoms with Crippen LogP contribution >= 0.6 is 12.0 Å². The Morgan fingerprint density at radius 2 is 1.38 bits per heavy atom. The molecule has 0 radical (unpaired) electrons. The quantitative estimate of drug-likeness (QED) is 0.0139. The van der Waals surface area contributed by atoms with Crippen LogP contribution in [0.25, 0.3) is 10.8 Å². The van der Waals surface area contributed by atoms with Crippen LogP contribution in [0, 0.1) is 0 Å². The molecule has 23 heteroatoms. The zero-order valence-electron chi connectivity index (χ0n) is 28.0. The van der Waals surface area contributed by atoms with Crippen LogP contribution in [0.1, 0.15) is 20.7 Å². The molecular formula is C32H26N8O13S2. The zero-order chi connectivity index (χ0) is 40.0. The Morgan fingerprint density at radius 3 is 1.98 bits per heavy atom. The third-order valence-electron chi connectivity index (χ3n) is 7.38. The molecule has 0 heterocycles. The van der Waals surface area contributed by atoms with Gasteiger partial charge in [-0.15, -0.1) is 24.8 Å². The van der Waals surface area contributed by atoms with Gasteiger partial charge in [-0.2, -0.15) is 18.6 Å². The van der Waals surface area contributed by atoms with Crippen LogP contribution in [0.5, 0.6) is 17.2 Å². The molecule has 0 atom stereocenters. The van der Waals surface area contributed by atoms with E-state index in [0.29, 0.717) is 12.0 Å². The number of hydrogen-bond acceptors (Lipinski definition) is 19. The van der Waals surface area contributed by atoms with Crippen molar-refractivity contribution in [2.24, 2.45) is 30.7 Å². The topological polar surface area (TPSA) is 333 Å². The van der Waals surface area contributed by atoms with E-state index < -0.39 is 44.1 Å². The van der Waals surface area contributed by atoms with Crippen LogP contribution < -0.4 is 20.9 Å². The van der Waals surface area contributed by atoms with Crippen molar-refractivity contribution in [3.8, 4) is 17.2 Å². The number of benzene rings is 5. The van der Waals surface area contributed by atoms with Gasteiger partial charge in [0.2, 0.25) is 0 Å². The van der Waals surface area contributed by atoms with Crippen LogP contribution in [-0.2, 0) is 19.5 Å². The number of hydrogen-bond donors (Lipinski definition) is 7. The summed E-state index contributed by atoms with van der Waals surface area (Å²) in [4.78, 5) is 21.9. The number of azo groups is 3. The van der Waals surface area contributed by atoms with Crippen molar-refractivity contribution in [1.29, 1.82) is 0 Å². The van der Waals surface area contributed by atoms with E-state index in [2.05, 4.69) is 40.1 Å². The van der Waals surface area contributed by atoms with Crippen molar-refractivity contribution in [3.63, 3.8) is 0 Å². The number of phenolic OH excluding ortho intramolecular Hbond substituents is 1. The Kier molecular flexibility index (Phi) is 11.8. The number of fused-ring (bicyclic) bond motifs is 1. The average molecular weight is 795 g/mol. The molecule has 0 aliphatic heterocycles. The maximum Gasteiger partial charge on any atom is 0.337 e. The standard InChI is InChI=1S/C32H26N8O13S2/c1-50-22-13-21(23(51-2)12-20(22)37-35-17-6-7-19(33)18(11-17)32(44)45)38-39-28-24(54-53-52-46)9-15-10-25(55(47,48)49)29(27(34)26(15)30(28)41)40-36-16-5-3-4-14(8-16)31(42)43/h3-13,41,46H,33-34H2,1-2H3,(H,42,43)(H,44,45)(H,47,48,49). The van der Waals surface area contributed by atoms with E-state index in [1.54, 1.807) is 0 Å². The second-order valence-electron chi connectivity index (χ2n) is 10.7. The number of phenols is 1. The number of carboxylic acids is 2. The highest BCUT2D eigenvalue weighted by molar-refractivity contribution is 7.94. The largest absolute Gasteiger partial charge is 0.505 e. The van der Waals surface area contributed by atoms with Crippen LogP contribution in [0.15, 0.2) is 107 Å². The second-order valence-corrected chi connectivity index (χ2v) is 12.9. The van der Waals surface area contributed by atoms with E-state index in [1.165, 1.54) is 68.8 Å². The normalized spacial score (nSPS) is 11.9. The highest BCUT2D eigenvalue weighted by atomic mass is 32.2. The summed E-state index contributed by atoms with van der Waals surface area (Å²) >= 11 is 0.317. The number of nitrogen functional groups attached to an aromatic ring is 2. The molecule has 0 amide bonds. The molecule has 21 nitrogen and oxygen atoms in total. The fraction of sp³-hybridized carbons (Fsp3) is 0.0625. The smallest absolute Gasteiger partial charge is 0.337 e. The first kappa shape index (κ1) is 39.4. The monoisotopic (exact) mass is 794 g/mol. The SMILES string of the molecule is COc1cc(N=Nc2c(SOOO)cc3cc(S(=O)(=O)O)c(N=Nc4cccc(C(=O)O)c4)c(N)c3c2O)c(OC)cc1N=Nc1ccc(N)c(C(=O)O)c1. The molecule has 0 fully saturated rings. The number of nitrogens with zero attached hydrogens (tertiary/aromatic N) is 6. The molecule has 0 saturated heterocycles. The highest BCUT2D eigenvalue weighted by Crippen LogP contribution is 2.50. The van der Waals surface area contributed by atoms with Gasteiger partial charge in [-0.25, -0.2) is 14.8 Å². The van der Waals surface area contributed by atoms with Crippen LogP contribution in [-0.4, -0.2) is 59.7 Å². The summed E-state index contributed by atoms with van der Waals surface area (Å²) in [5, 5.41) is 66.6. The predicted molar refractivity (Wildman–Crippen MR) is 194 cm³/mol. The van der Waals surface area contributed by atoms with E-state index in [0.717, 1.165) is 12.1 Å². The maximum absolute atomic E-state index is 12.5. The summed E-state index contributed by atoms with van der Waals surface area (Å²) in [6.07, 6.45) is 0. The van der Waals surface area contributed by atoms with Gasteiger partial charge in [0.1, 0.15) is 39.1 Å². The van der Waals surface area contributed by atoms with Crippen molar-refractivity contribution in [2.75, 3.05) is 25.7 Å². The molecule has 55 heavy (non-hydrogen) atoms. The van der Waals surface area contributed by atoms with Gasteiger partial charge in [-0.3, -0.25) is 4.55 Å². The summed E-state index contributed by atoms with van der Waals surface area (Å²) < 4.78 is 50.4. The van der Waals surface area contributed by atoms with Gasteiger partial charge in [-0.1, -0.05) is 11.1 Å². The molecule has 0 aromatic heterocycles. The number of aromatic hydroxyl groups is 1. The predicted octanol–water partition coefficient (Wildman–Crippen LogP) is 8.04. The third kappa shape index (κ3) is 8.73. The Bertz CT molecular complexity index is 2550. The first-order valence-corrected chi connectivity index (χ1v) is 17.1. The van der Waals surface area contributed by atoms with Gasteiger partial charge in [0, 0.05) is 17.8 Å². The molecule has 0 unspecified atom stereocenters. The van der Waals surface area contributed by atoms with Crippen LogP contribution in [0.4, 0.5) is 45.5 Å². The molecule has 0 aliphatic carbocycles. The number of ether oxygens (including phenoxy) is 2. The van der Waals surface area contributed by atoms with Gasteiger partial charge in [0.25, 0.3) is 10.1 Å². The van der Waals surface area contributed by atoms with Crippen LogP contribution in [0.2, 0.25) is 0 Å². The summed E-state index contributed by atoms with van der Waals surface area (Å²) in [7, 11) is -2.41. The van der Waals surface area contributed by atoms with Crippen molar-refractivity contribution < 1.29 is 62.0 Å². The third-order valence-corrected chi connectivity index (χ3v) is 8.87. The molecule has 0 saturated carbocycles. The van der Waals surface area contributed by atoms with E-state index >= 15 is 0 Å². The lowest BCUT2D eigenvalue weighted by atomic mass is 10.1. The summed E-state index contributed by atoms with van der Waals surface area (Å²) in [6.45, 7) is 0. The number of rotatable bonds is 14. The van der Waals surface area contributed by atoms with Gasteiger partial charge < -0.3 is 36.3 Å². The zero-order valence-corrected chi connectivity index (χ0v) is 29.6. The summed E-state index contributed by atoms with van der Waals surface area (Å²) in [5.41, 5.74) is 10.6. The Hall–Kier alpha value is -6.76. The van der Waals surface area contributed by atoms with Crippen molar-refractivity contribution in [1.82, 2.24) is 0 Å². The highest BCUT2D eigenvalue weighted by Gasteiger charge is 2.26. The minimum absolute atomic E-state index is 0.0123. The van der Waals surface area contributed by atoms with E-state index in [4.69, 9.17) is 26.2 Å². The van der Waals surface area contributed by atoms with E-state index in [1.807, 2.05) is 0 Å². The molecule has 284 valence electrons. The van der Waals surface area contributed by atoms with Crippen molar-refractivity contribution in [3.05, 3.63) is 77.9 Å². The Morgan fingerprint density at radius 1 is 0.764 bits per heavy atom. The fourth-order valence-corrected chi connectivity index (χ4v) is 6.03. The van der Waals surface area contributed by atoms with Gasteiger partial charge in [-0.05, 0) is 53.9 Å². The maximum atomic E-state index is 12.5. The van der Waals surface area contributed by atoms with E-state index in [-0.39, 0.29) is 72.4 Å².